The molecule has 2 rings (SSSR count). The van der Waals surface area contributed by atoms with Crippen LogP contribution in [0.1, 0.15) is 16.7 Å². The predicted molar refractivity (Wildman–Crippen MR) is 59.7 cm³/mol. The molecule has 0 bridgehead atoms. The van der Waals surface area contributed by atoms with E-state index >= 15 is 0 Å². The maximum atomic E-state index is 9.69. The van der Waals surface area contributed by atoms with Crippen molar-refractivity contribution in [1.82, 2.24) is 5.32 Å². The van der Waals surface area contributed by atoms with Gasteiger partial charge in [0.15, 0.2) is 0 Å². The Kier molecular flexibility index (Phi) is 3.55. The van der Waals surface area contributed by atoms with Crippen molar-refractivity contribution in [3.8, 4) is 0 Å². The second kappa shape index (κ2) is 5.11. The Morgan fingerprint density at radius 1 is 1.40 bits per heavy atom. The molecule has 4 heteroatoms. The summed E-state index contributed by atoms with van der Waals surface area (Å²) in [6.07, 6.45) is 0.998. The summed E-state index contributed by atoms with van der Waals surface area (Å²) >= 11 is 1.70. The molecule has 0 spiro atoms. The van der Waals surface area contributed by atoms with Crippen LogP contribution in [0.3, 0.4) is 0 Å². The standard InChI is InChI=1S/C11H13NO2S/c13-10(11-4-1-5-14-11)8-12-7-9-3-2-6-15-9/h1-6,10,12-13H,7-8H2. The molecule has 0 radical (unpaired) electrons. The lowest BCUT2D eigenvalue weighted by atomic mass is 10.3. The number of aliphatic hydroxyl groups excluding tert-OH is 1. The van der Waals surface area contributed by atoms with Crippen LogP contribution in [0.5, 0.6) is 0 Å². The quantitative estimate of drug-likeness (QED) is 0.816. The maximum Gasteiger partial charge on any atom is 0.133 e. The van der Waals surface area contributed by atoms with Gasteiger partial charge in [-0.1, -0.05) is 6.07 Å². The molecule has 0 saturated heterocycles. The van der Waals surface area contributed by atoms with E-state index in [0.29, 0.717) is 12.3 Å². The van der Waals surface area contributed by atoms with Crippen molar-refractivity contribution >= 4 is 11.3 Å². The van der Waals surface area contributed by atoms with Gasteiger partial charge in [0.1, 0.15) is 11.9 Å². The summed E-state index contributed by atoms with van der Waals surface area (Å²) in [5, 5.41) is 14.9. The van der Waals surface area contributed by atoms with Gasteiger partial charge in [0, 0.05) is 18.0 Å². The van der Waals surface area contributed by atoms with Gasteiger partial charge < -0.3 is 14.8 Å². The fourth-order valence-electron chi connectivity index (χ4n) is 1.33. The van der Waals surface area contributed by atoms with E-state index in [1.807, 2.05) is 11.4 Å². The molecule has 2 aromatic rings. The molecule has 15 heavy (non-hydrogen) atoms. The topological polar surface area (TPSA) is 45.4 Å². The second-order valence-corrected chi connectivity index (χ2v) is 4.27. The van der Waals surface area contributed by atoms with Crippen LogP contribution in [-0.4, -0.2) is 11.7 Å². The molecule has 2 aromatic heterocycles. The Labute approximate surface area is 92.4 Å². The molecule has 2 heterocycles. The first kappa shape index (κ1) is 10.4. The molecule has 1 atom stereocenters. The van der Waals surface area contributed by atoms with Crippen molar-refractivity contribution in [3.05, 3.63) is 46.5 Å². The molecule has 0 fully saturated rings. The Bertz CT molecular complexity index is 369. The average Bonchev–Trinajstić information content (AvgIpc) is 2.90. The zero-order valence-corrected chi connectivity index (χ0v) is 9.04. The van der Waals surface area contributed by atoms with Crippen LogP contribution in [0.4, 0.5) is 0 Å². The van der Waals surface area contributed by atoms with Crippen LogP contribution >= 0.6 is 11.3 Å². The minimum absolute atomic E-state index is 0.505. The van der Waals surface area contributed by atoms with Crippen LogP contribution in [0.15, 0.2) is 40.3 Å². The van der Waals surface area contributed by atoms with Crippen molar-refractivity contribution in [1.29, 1.82) is 0 Å². The van der Waals surface area contributed by atoms with Crippen molar-refractivity contribution in [2.45, 2.75) is 12.6 Å². The molecule has 0 aliphatic carbocycles. The Morgan fingerprint density at radius 3 is 3.00 bits per heavy atom. The largest absolute Gasteiger partial charge is 0.467 e. The lowest BCUT2D eigenvalue weighted by Crippen LogP contribution is -2.20. The van der Waals surface area contributed by atoms with Gasteiger partial charge in [0.2, 0.25) is 0 Å². The molecule has 3 nitrogen and oxygen atoms in total. The molecule has 0 saturated carbocycles. The summed E-state index contributed by atoms with van der Waals surface area (Å²) in [5.41, 5.74) is 0. The van der Waals surface area contributed by atoms with E-state index < -0.39 is 6.10 Å². The van der Waals surface area contributed by atoms with E-state index in [9.17, 15) is 5.11 Å². The fourth-order valence-corrected chi connectivity index (χ4v) is 2.00. The first-order valence-corrected chi connectivity index (χ1v) is 5.69. The highest BCUT2D eigenvalue weighted by Crippen LogP contribution is 2.12. The van der Waals surface area contributed by atoms with Crippen LogP contribution in [-0.2, 0) is 6.54 Å². The summed E-state index contributed by atoms with van der Waals surface area (Å²) in [7, 11) is 0. The zero-order valence-electron chi connectivity index (χ0n) is 8.22. The highest BCUT2D eigenvalue weighted by Gasteiger charge is 2.09. The average molecular weight is 223 g/mol. The number of hydrogen-bond donors (Lipinski definition) is 2. The van der Waals surface area contributed by atoms with Crippen LogP contribution in [0.2, 0.25) is 0 Å². The van der Waals surface area contributed by atoms with Crippen molar-refractivity contribution in [2.24, 2.45) is 0 Å². The van der Waals surface area contributed by atoms with E-state index in [-0.39, 0.29) is 0 Å². The molecule has 2 N–H and O–H groups in total. The third-order valence-electron chi connectivity index (χ3n) is 2.09. The van der Waals surface area contributed by atoms with E-state index in [1.165, 1.54) is 4.88 Å². The van der Waals surface area contributed by atoms with Gasteiger partial charge in [-0.05, 0) is 23.6 Å². The molecule has 1 unspecified atom stereocenters. The Morgan fingerprint density at radius 2 is 2.33 bits per heavy atom. The minimum atomic E-state index is -0.569. The van der Waals surface area contributed by atoms with Crippen LogP contribution in [0.25, 0.3) is 0 Å². The zero-order chi connectivity index (χ0) is 10.5. The van der Waals surface area contributed by atoms with Crippen molar-refractivity contribution < 1.29 is 9.52 Å². The third kappa shape index (κ3) is 2.92. The normalized spacial score (nSPS) is 12.9. The van der Waals surface area contributed by atoms with Gasteiger partial charge in [-0.2, -0.15) is 0 Å². The summed E-state index contributed by atoms with van der Waals surface area (Å²) in [6, 6.07) is 7.64. The predicted octanol–water partition coefficient (Wildman–Crippen LogP) is 2.16. The molecule has 0 aliphatic rings. The van der Waals surface area contributed by atoms with Gasteiger partial charge >= 0.3 is 0 Å². The van der Waals surface area contributed by atoms with E-state index in [1.54, 1.807) is 29.7 Å². The Balaban J connectivity index is 1.74. The summed E-state index contributed by atoms with van der Waals surface area (Å²) in [5.74, 6) is 0.605. The van der Waals surface area contributed by atoms with Crippen molar-refractivity contribution in [2.75, 3.05) is 6.54 Å². The van der Waals surface area contributed by atoms with Crippen molar-refractivity contribution in [3.63, 3.8) is 0 Å². The second-order valence-electron chi connectivity index (χ2n) is 3.24. The first-order chi connectivity index (χ1) is 7.36. The lowest BCUT2D eigenvalue weighted by molar-refractivity contribution is 0.147. The van der Waals surface area contributed by atoms with E-state index in [0.717, 1.165) is 6.54 Å². The highest BCUT2D eigenvalue weighted by atomic mass is 32.1. The van der Waals surface area contributed by atoms with Gasteiger partial charge in [0.25, 0.3) is 0 Å². The molecule has 0 amide bonds. The SMILES string of the molecule is OC(CNCc1cccs1)c1ccco1. The molecule has 0 aromatic carbocycles. The van der Waals surface area contributed by atoms with Gasteiger partial charge in [-0.3, -0.25) is 0 Å². The number of aliphatic hydroxyl groups is 1. The number of rotatable bonds is 5. The number of thiophene rings is 1. The minimum Gasteiger partial charge on any atom is -0.467 e. The molecular weight excluding hydrogens is 210 g/mol. The smallest absolute Gasteiger partial charge is 0.133 e. The summed E-state index contributed by atoms with van der Waals surface area (Å²) in [4.78, 5) is 1.27. The summed E-state index contributed by atoms with van der Waals surface area (Å²) < 4.78 is 5.10. The van der Waals surface area contributed by atoms with Crippen LogP contribution in [0, 0.1) is 0 Å². The molecule has 0 aliphatic heterocycles. The number of hydrogen-bond acceptors (Lipinski definition) is 4. The number of nitrogens with one attached hydrogen (secondary N) is 1. The third-order valence-corrected chi connectivity index (χ3v) is 2.97. The monoisotopic (exact) mass is 223 g/mol. The molecule has 80 valence electrons. The lowest BCUT2D eigenvalue weighted by Gasteiger charge is -2.08. The summed E-state index contributed by atoms with van der Waals surface area (Å²) in [6.45, 7) is 1.29. The Hall–Kier alpha value is -1.10. The maximum absolute atomic E-state index is 9.69. The van der Waals surface area contributed by atoms with Gasteiger partial charge in [-0.25, -0.2) is 0 Å². The first-order valence-electron chi connectivity index (χ1n) is 4.81. The van der Waals surface area contributed by atoms with E-state index in [2.05, 4.69) is 11.4 Å². The fraction of sp³-hybridized carbons (Fsp3) is 0.273. The highest BCUT2D eigenvalue weighted by molar-refractivity contribution is 7.09. The van der Waals surface area contributed by atoms with Gasteiger partial charge in [-0.15, -0.1) is 11.3 Å². The van der Waals surface area contributed by atoms with Crippen LogP contribution < -0.4 is 5.32 Å². The van der Waals surface area contributed by atoms with Gasteiger partial charge in [0.05, 0.1) is 6.26 Å². The molecular formula is C11H13NO2S. The number of furan rings is 1. The van der Waals surface area contributed by atoms with E-state index in [4.69, 9.17) is 4.42 Å².